The molecule has 1 aromatic rings. The molecule has 0 aliphatic carbocycles. The van der Waals surface area contributed by atoms with Crippen molar-refractivity contribution in [3.8, 4) is 0 Å². The van der Waals surface area contributed by atoms with Gasteiger partial charge in [0.25, 0.3) is 0 Å². The minimum atomic E-state index is -0.286. The number of carbonyl (C=O) groups excluding carboxylic acids is 1. The number of hydrogen-bond acceptors (Lipinski definition) is 2. The van der Waals surface area contributed by atoms with Crippen LogP contribution in [0.2, 0.25) is 0 Å². The summed E-state index contributed by atoms with van der Waals surface area (Å²) in [6.07, 6.45) is 0.842. The molecule has 0 radical (unpaired) electrons. The average Bonchev–Trinajstić information content (AvgIpc) is 2.31. The lowest BCUT2D eigenvalue weighted by Gasteiger charge is -2.42. The molecule has 0 aromatic heterocycles. The van der Waals surface area contributed by atoms with Crippen LogP contribution in [0, 0.1) is 5.41 Å². The normalized spacial score (nSPS) is 17.3. The van der Waals surface area contributed by atoms with Gasteiger partial charge in [0.05, 0.1) is 18.6 Å². The Bertz CT molecular complexity index is 379. The molecule has 0 bridgehead atoms. The second kappa shape index (κ2) is 4.88. The quantitative estimate of drug-likeness (QED) is 0.799. The zero-order chi connectivity index (χ0) is 12.3. The largest absolute Gasteiger partial charge is 0.379 e. The van der Waals surface area contributed by atoms with E-state index in [1.165, 1.54) is 0 Å². The fraction of sp³-hybridized carbons (Fsp3) is 0.500. The maximum Gasteiger partial charge on any atom is 0.237 e. The van der Waals surface area contributed by atoms with Crippen LogP contribution >= 0.6 is 0 Å². The van der Waals surface area contributed by atoms with Crippen molar-refractivity contribution in [2.24, 2.45) is 5.41 Å². The first-order valence-electron chi connectivity index (χ1n) is 6.18. The summed E-state index contributed by atoms with van der Waals surface area (Å²) in [4.78, 5) is 14.4. The Morgan fingerprint density at radius 3 is 2.35 bits per heavy atom. The molecule has 1 aliphatic heterocycles. The van der Waals surface area contributed by atoms with Gasteiger partial charge in [0.2, 0.25) is 5.91 Å². The van der Waals surface area contributed by atoms with Crippen LogP contribution in [0.5, 0.6) is 0 Å². The van der Waals surface area contributed by atoms with Crippen LogP contribution in [0.3, 0.4) is 0 Å². The summed E-state index contributed by atoms with van der Waals surface area (Å²) in [7, 11) is 0. The van der Waals surface area contributed by atoms with E-state index in [0.29, 0.717) is 19.8 Å². The summed E-state index contributed by atoms with van der Waals surface area (Å²) in [6.45, 7) is 5.88. The van der Waals surface area contributed by atoms with Crippen LogP contribution < -0.4 is 4.90 Å². The summed E-state index contributed by atoms with van der Waals surface area (Å²) < 4.78 is 5.23. The molecule has 1 fully saturated rings. The third-order valence-corrected chi connectivity index (χ3v) is 3.52. The van der Waals surface area contributed by atoms with Gasteiger partial charge in [-0.15, -0.1) is 0 Å². The molecule has 92 valence electrons. The van der Waals surface area contributed by atoms with Crippen LogP contribution in [-0.2, 0) is 9.53 Å². The van der Waals surface area contributed by atoms with E-state index in [1.54, 1.807) is 0 Å². The lowest BCUT2D eigenvalue weighted by atomic mass is 9.81. The molecular formula is C14H19NO2. The molecule has 3 nitrogen and oxygen atoms in total. The molecule has 0 atom stereocenters. The van der Waals surface area contributed by atoms with Crippen molar-refractivity contribution in [3.63, 3.8) is 0 Å². The summed E-state index contributed by atoms with van der Waals surface area (Å²) >= 11 is 0. The number of rotatable bonds is 4. The number of nitrogens with zero attached hydrogens (tertiary/aromatic N) is 1. The maximum atomic E-state index is 12.6. The minimum Gasteiger partial charge on any atom is -0.379 e. The Hall–Kier alpha value is -1.35. The van der Waals surface area contributed by atoms with Crippen LogP contribution in [0.1, 0.15) is 20.3 Å². The van der Waals surface area contributed by atoms with Crippen molar-refractivity contribution in [1.82, 2.24) is 0 Å². The molecule has 1 amide bonds. The van der Waals surface area contributed by atoms with Crippen LogP contribution in [0.15, 0.2) is 30.3 Å². The van der Waals surface area contributed by atoms with Crippen molar-refractivity contribution in [1.29, 1.82) is 0 Å². The highest BCUT2D eigenvalue weighted by molar-refractivity contribution is 5.98. The Morgan fingerprint density at radius 1 is 1.29 bits per heavy atom. The van der Waals surface area contributed by atoms with Gasteiger partial charge in [0, 0.05) is 12.2 Å². The minimum absolute atomic E-state index is 0.194. The van der Waals surface area contributed by atoms with Gasteiger partial charge < -0.3 is 9.64 Å². The molecule has 0 spiro atoms. The lowest BCUT2D eigenvalue weighted by molar-refractivity contribution is -0.159. The first-order valence-corrected chi connectivity index (χ1v) is 6.18. The fourth-order valence-electron chi connectivity index (χ4n) is 2.16. The molecule has 0 N–H and O–H groups in total. The molecule has 1 saturated heterocycles. The first-order chi connectivity index (χ1) is 8.23. The van der Waals surface area contributed by atoms with Gasteiger partial charge in [-0.25, -0.2) is 0 Å². The van der Waals surface area contributed by atoms with Crippen molar-refractivity contribution >= 4 is 11.6 Å². The summed E-state index contributed by atoms with van der Waals surface area (Å²) in [5.41, 5.74) is 0.686. The summed E-state index contributed by atoms with van der Waals surface area (Å²) in [5, 5.41) is 0. The van der Waals surface area contributed by atoms with Gasteiger partial charge in [-0.05, 0) is 25.5 Å². The molecule has 0 saturated carbocycles. The van der Waals surface area contributed by atoms with E-state index in [2.05, 4.69) is 6.92 Å². The number of hydrogen-bond donors (Lipinski definition) is 0. The van der Waals surface area contributed by atoms with Crippen molar-refractivity contribution in [2.75, 3.05) is 24.7 Å². The fourth-order valence-corrected chi connectivity index (χ4v) is 2.16. The van der Waals surface area contributed by atoms with Crippen molar-refractivity contribution in [3.05, 3.63) is 30.3 Å². The van der Waals surface area contributed by atoms with Crippen molar-refractivity contribution < 1.29 is 9.53 Å². The first kappa shape index (κ1) is 12.1. The van der Waals surface area contributed by atoms with Gasteiger partial charge in [0.15, 0.2) is 0 Å². The molecular weight excluding hydrogens is 214 g/mol. The molecule has 1 aliphatic rings. The second-order valence-electron chi connectivity index (χ2n) is 4.51. The highest BCUT2D eigenvalue weighted by atomic mass is 16.5. The second-order valence-corrected chi connectivity index (χ2v) is 4.51. The monoisotopic (exact) mass is 233 g/mol. The van der Waals surface area contributed by atoms with Crippen LogP contribution in [0.4, 0.5) is 5.69 Å². The molecule has 2 rings (SSSR count). The van der Waals surface area contributed by atoms with E-state index < -0.39 is 0 Å². The average molecular weight is 233 g/mol. The van der Waals surface area contributed by atoms with Gasteiger partial charge in [0.1, 0.15) is 0 Å². The Kier molecular flexibility index (Phi) is 3.48. The Labute approximate surface area is 102 Å². The molecule has 3 heteroatoms. The highest BCUT2D eigenvalue weighted by Gasteiger charge is 2.46. The standard InChI is InChI=1S/C14H19NO2/c1-3-14(10-17-11-14)13(16)15(4-2)12-8-6-5-7-9-12/h5-9H,3-4,10-11H2,1-2H3. The summed E-state index contributed by atoms with van der Waals surface area (Å²) in [5.74, 6) is 0.194. The topological polar surface area (TPSA) is 29.5 Å². The zero-order valence-electron chi connectivity index (χ0n) is 10.5. The number of para-hydroxylation sites is 1. The van der Waals surface area contributed by atoms with E-state index >= 15 is 0 Å². The molecule has 17 heavy (non-hydrogen) atoms. The van der Waals surface area contributed by atoms with Gasteiger partial charge >= 0.3 is 0 Å². The molecule has 1 heterocycles. The molecule has 1 aromatic carbocycles. The molecule has 0 unspecified atom stereocenters. The van der Waals surface area contributed by atoms with Crippen LogP contribution in [-0.4, -0.2) is 25.7 Å². The van der Waals surface area contributed by atoms with Gasteiger partial charge in [-0.2, -0.15) is 0 Å². The zero-order valence-corrected chi connectivity index (χ0v) is 10.5. The van der Waals surface area contributed by atoms with E-state index in [4.69, 9.17) is 4.74 Å². The predicted octanol–water partition coefficient (Wildman–Crippen LogP) is 2.47. The Morgan fingerprint density at radius 2 is 1.94 bits per heavy atom. The van der Waals surface area contributed by atoms with E-state index in [9.17, 15) is 4.79 Å². The smallest absolute Gasteiger partial charge is 0.237 e. The third-order valence-electron chi connectivity index (χ3n) is 3.52. The van der Waals surface area contributed by atoms with E-state index in [-0.39, 0.29) is 11.3 Å². The third kappa shape index (κ3) is 2.07. The number of anilines is 1. The van der Waals surface area contributed by atoms with Crippen molar-refractivity contribution in [2.45, 2.75) is 20.3 Å². The van der Waals surface area contributed by atoms with Gasteiger partial charge in [-0.3, -0.25) is 4.79 Å². The number of amides is 1. The number of benzene rings is 1. The maximum absolute atomic E-state index is 12.6. The predicted molar refractivity (Wildman–Crippen MR) is 68.0 cm³/mol. The SMILES string of the molecule is CCN(C(=O)C1(CC)COC1)c1ccccc1. The Balaban J connectivity index is 2.22. The lowest BCUT2D eigenvalue weighted by Crippen LogP contribution is -2.55. The van der Waals surface area contributed by atoms with Crippen LogP contribution in [0.25, 0.3) is 0 Å². The number of ether oxygens (including phenoxy) is 1. The van der Waals surface area contributed by atoms with E-state index in [0.717, 1.165) is 12.1 Å². The highest BCUT2D eigenvalue weighted by Crippen LogP contribution is 2.34. The number of carbonyl (C=O) groups is 1. The summed E-state index contributed by atoms with van der Waals surface area (Å²) in [6, 6.07) is 9.83. The van der Waals surface area contributed by atoms with E-state index in [1.807, 2.05) is 42.2 Å². The van der Waals surface area contributed by atoms with Gasteiger partial charge in [-0.1, -0.05) is 25.1 Å².